The van der Waals surface area contributed by atoms with E-state index in [2.05, 4.69) is 50.9 Å². The van der Waals surface area contributed by atoms with Crippen molar-refractivity contribution in [2.24, 2.45) is 7.05 Å². The minimum absolute atomic E-state index is 0.829. The summed E-state index contributed by atoms with van der Waals surface area (Å²) in [5.74, 6) is 1.07. The second kappa shape index (κ2) is 5.93. The van der Waals surface area contributed by atoms with E-state index in [0.29, 0.717) is 0 Å². The van der Waals surface area contributed by atoms with Crippen molar-refractivity contribution in [1.29, 1.82) is 0 Å². The molecule has 0 aliphatic carbocycles. The van der Waals surface area contributed by atoms with Gasteiger partial charge in [-0.05, 0) is 30.8 Å². The summed E-state index contributed by atoms with van der Waals surface area (Å²) in [7, 11) is 4.13. The molecule has 0 bridgehead atoms. The van der Waals surface area contributed by atoms with Crippen LogP contribution in [0.2, 0.25) is 0 Å². The molecule has 5 nitrogen and oxygen atoms in total. The summed E-state index contributed by atoms with van der Waals surface area (Å²) in [6, 6.07) is 10.4. The van der Waals surface area contributed by atoms with Crippen molar-refractivity contribution >= 4 is 0 Å². The summed E-state index contributed by atoms with van der Waals surface area (Å²) < 4.78 is 3.93. The number of aromatic nitrogens is 4. The molecule has 0 amide bonds. The van der Waals surface area contributed by atoms with Crippen molar-refractivity contribution in [3.05, 3.63) is 66.5 Å². The molecule has 3 aromatic rings. The van der Waals surface area contributed by atoms with Crippen LogP contribution in [0.3, 0.4) is 0 Å². The molecule has 5 heteroatoms. The summed E-state index contributed by atoms with van der Waals surface area (Å²) in [6.45, 7) is 1.71. The van der Waals surface area contributed by atoms with Gasteiger partial charge in [0.05, 0.1) is 12.2 Å². The number of hydrogen-bond acceptors (Lipinski definition) is 3. The van der Waals surface area contributed by atoms with Crippen LogP contribution in [-0.2, 0) is 20.1 Å². The Hall–Kier alpha value is -2.40. The Balaban J connectivity index is 1.70. The summed E-state index contributed by atoms with van der Waals surface area (Å²) in [5.41, 5.74) is 2.35. The van der Waals surface area contributed by atoms with Gasteiger partial charge in [-0.15, -0.1) is 0 Å². The molecule has 2 heterocycles. The third-order valence-electron chi connectivity index (χ3n) is 3.46. The second-order valence-electron chi connectivity index (χ2n) is 5.25. The average Bonchev–Trinajstić information content (AvgIpc) is 3.12. The Kier molecular flexibility index (Phi) is 3.83. The maximum Gasteiger partial charge on any atom is 0.122 e. The minimum Gasteiger partial charge on any atom is -0.337 e. The third kappa shape index (κ3) is 3.20. The number of benzene rings is 1. The van der Waals surface area contributed by atoms with Gasteiger partial charge in [-0.25, -0.2) is 9.67 Å². The normalized spacial score (nSPS) is 11.2. The van der Waals surface area contributed by atoms with Crippen LogP contribution in [0.1, 0.15) is 11.4 Å². The van der Waals surface area contributed by atoms with Gasteiger partial charge in [0.15, 0.2) is 0 Å². The lowest BCUT2D eigenvalue weighted by Crippen LogP contribution is -2.19. The number of imidazole rings is 1. The molecule has 2 aromatic heterocycles. The topological polar surface area (TPSA) is 38.9 Å². The molecule has 21 heavy (non-hydrogen) atoms. The second-order valence-corrected chi connectivity index (χ2v) is 5.25. The van der Waals surface area contributed by atoms with Gasteiger partial charge in [-0.1, -0.05) is 12.1 Å². The van der Waals surface area contributed by atoms with E-state index in [1.54, 1.807) is 6.20 Å². The lowest BCUT2D eigenvalue weighted by atomic mass is 10.2. The average molecular weight is 281 g/mol. The van der Waals surface area contributed by atoms with E-state index in [1.807, 2.05) is 36.4 Å². The van der Waals surface area contributed by atoms with Crippen LogP contribution < -0.4 is 0 Å². The van der Waals surface area contributed by atoms with Crippen LogP contribution in [0.4, 0.5) is 0 Å². The Morgan fingerprint density at radius 2 is 2.00 bits per heavy atom. The van der Waals surface area contributed by atoms with Gasteiger partial charge in [0.2, 0.25) is 0 Å². The molecular weight excluding hydrogens is 262 g/mol. The fourth-order valence-corrected chi connectivity index (χ4v) is 2.38. The minimum atomic E-state index is 0.829. The lowest BCUT2D eigenvalue weighted by molar-refractivity contribution is 0.307. The molecule has 0 aliphatic heterocycles. The van der Waals surface area contributed by atoms with Crippen LogP contribution in [0.15, 0.2) is 55.1 Å². The lowest BCUT2D eigenvalue weighted by Gasteiger charge is -2.17. The van der Waals surface area contributed by atoms with Crippen molar-refractivity contribution < 1.29 is 0 Å². The monoisotopic (exact) mass is 281 g/mol. The molecule has 1 aromatic carbocycles. The first kappa shape index (κ1) is 13.6. The molecule has 0 aliphatic rings. The van der Waals surface area contributed by atoms with Crippen LogP contribution in [-0.4, -0.2) is 31.3 Å². The van der Waals surface area contributed by atoms with Gasteiger partial charge in [0.1, 0.15) is 5.82 Å². The van der Waals surface area contributed by atoms with Crippen LogP contribution in [0.25, 0.3) is 5.69 Å². The molecule has 108 valence electrons. The molecule has 0 unspecified atom stereocenters. The number of hydrogen-bond donors (Lipinski definition) is 0. The molecule has 0 N–H and O–H groups in total. The van der Waals surface area contributed by atoms with Crippen molar-refractivity contribution in [2.75, 3.05) is 7.05 Å². The van der Waals surface area contributed by atoms with E-state index in [0.717, 1.165) is 24.6 Å². The van der Waals surface area contributed by atoms with Gasteiger partial charge in [0, 0.05) is 38.4 Å². The smallest absolute Gasteiger partial charge is 0.122 e. The van der Waals surface area contributed by atoms with Gasteiger partial charge in [0.25, 0.3) is 0 Å². The standard InChI is InChI=1S/C16H19N5/c1-19(13-16-17-8-10-20(16)2)12-14-5-3-6-15(11-14)21-9-4-7-18-21/h3-11H,12-13H2,1-2H3. The Bertz CT molecular complexity index is 699. The summed E-state index contributed by atoms with van der Waals surface area (Å²) >= 11 is 0. The summed E-state index contributed by atoms with van der Waals surface area (Å²) in [5, 5.41) is 4.27. The predicted molar refractivity (Wildman–Crippen MR) is 81.9 cm³/mol. The maximum absolute atomic E-state index is 4.36. The third-order valence-corrected chi connectivity index (χ3v) is 3.46. The largest absolute Gasteiger partial charge is 0.337 e. The molecule has 3 rings (SSSR count). The first-order chi connectivity index (χ1) is 10.2. The zero-order valence-corrected chi connectivity index (χ0v) is 12.3. The molecule has 0 atom stereocenters. The Morgan fingerprint density at radius 1 is 1.10 bits per heavy atom. The maximum atomic E-state index is 4.36. The highest BCUT2D eigenvalue weighted by atomic mass is 15.3. The van der Waals surface area contributed by atoms with Crippen molar-refractivity contribution in [2.45, 2.75) is 13.1 Å². The van der Waals surface area contributed by atoms with E-state index < -0.39 is 0 Å². The van der Waals surface area contributed by atoms with Gasteiger partial charge < -0.3 is 4.57 Å². The van der Waals surface area contributed by atoms with Gasteiger partial charge >= 0.3 is 0 Å². The van der Waals surface area contributed by atoms with E-state index in [4.69, 9.17) is 0 Å². The zero-order chi connectivity index (χ0) is 14.7. The van der Waals surface area contributed by atoms with Gasteiger partial charge in [-0.3, -0.25) is 4.90 Å². The highest BCUT2D eigenvalue weighted by Gasteiger charge is 2.06. The quantitative estimate of drug-likeness (QED) is 0.720. The van der Waals surface area contributed by atoms with E-state index >= 15 is 0 Å². The molecule has 0 fully saturated rings. The molecule has 0 spiro atoms. The predicted octanol–water partition coefficient (Wildman–Crippen LogP) is 2.24. The number of nitrogens with zero attached hydrogens (tertiary/aromatic N) is 5. The fraction of sp³-hybridized carbons (Fsp3) is 0.250. The first-order valence-corrected chi connectivity index (χ1v) is 6.96. The van der Waals surface area contributed by atoms with Crippen molar-refractivity contribution in [3.8, 4) is 5.69 Å². The molecule has 0 saturated carbocycles. The molecular formula is C16H19N5. The highest BCUT2D eigenvalue weighted by Crippen LogP contribution is 2.12. The zero-order valence-electron chi connectivity index (χ0n) is 12.3. The van der Waals surface area contributed by atoms with Crippen molar-refractivity contribution in [3.63, 3.8) is 0 Å². The van der Waals surface area contributed by atoms with E-state index in [-0.39, 0.29) is 0 Å². The number of aryl methyl sites for hydroxylation is 1. The molecule has 0 saturated heterocycles. The SMILES string of the molecule is CN(Cc1cccc(-n2cccn2)c1)Cc1nccn1C. The highest BCUT2D eigenvalue weighted by molar-refractivity contribution is 5.34. The fourth-order valence-electron chi connectivity index (χ4n) is 2.38. The van der Waals surface area contributed by atoms with Crippen molar-refractivity contribution in [1.82, 2.24) is 24.2 Å². The van der Waals surface area contributed by atoms with E-state index in [1.165, 1.54) is 5.56 Å². The van der Waals surface area contributed by atoms with Crippen LogP contribution in [0.5, 0.6) is 0 Å². The van der Waals surface area contributed by atoms with Crippen LogP contribution >= 0.6 is 0 Å². The molecule has 0 radical (unpaired) electrons. The van der Waals surface area contributed by atoms with Gasteiger partial charge in [-0.2, -0.15) is 5.10 Å². The van der Waals surface area contributed by atoms with Crippen LogP contribution in [0, 0.1) is 0 Å². The summed E-state index contributed by atoms with van der Waals surface area (Å²) in [6.07, 6.45) is 7.56. The van der Waals surface area contributed by atoms with E-state index in [9.17, 15) is 0 Å². The Labute approximate surface area is 124 Å². The summed E-state index contributed by atoms with van der Waals surface area (Å²) in [4.78, 5) is 6.62. The first-order valence-electron chi connectivity index (χ1n) is 6.96. The Morgan fingerprint density at radius 3 is 2.71 bits per heavy atom. The number of rotatable bonds is 5.